The number of halogens is 2. The monoisotopic (exact) mass is 511 g/mol. The highest BCUT2D eigenvalue weighted by atomic mass is 35.5. The van der Waals surface area contributed by atoms with Gasteiger partial charge in [-0.2, -0.15) is 5.01 Å². The van der Waals surface area contributed by atoms with Crippen molar-refractivity contribution in [3.8, 4) is 11.3 Å². The van der Waals surface area contributed by atoms with Gasteiger partial charge in [0.05, 0.1) is 23.1 Å². The van der Waals surface area contributed by atoms with E-state index in [1.54, 1.807) is 36.4 Å². The van der Waals surface area contributed by atoms with Crippen molar-refractivity contribution in [3.63, 3.8) is 0 Å². The Labute approximate surface area is 204 Å². The van der Waals surface area contributed by atoms with E-state index in [2.05, 4.69) is 10.3 Å². The highest BCUT2D eigenvalue weighted by Gasteiger charge is 2.34. The number of hydrogen-bond donors (Lipinski definition) is 1. The average molecular weight is 512 g/mol. The fourth-order valence-corrected chi connectivity index (χ4v) is 4.76. The molecule has 1 aromatic carbocycles. The zero-order valence-electron chi connectivity index (χ0n) is 16.8. The van der Waals surface area contributed by atoms with E-state index in [1.165, 1.54) is 0 Å². The molecule has 0 radical (unpaired) electrons. The molecule has 1 N–H and O–H groups in total. The Morgan fingerprint density at radius 1 is 1.22 bits per heavy atom. The lowest BCUT2D eigenvalue weighted by Crippen LogP contribution is -2.46. The molecule has 2 amide bonds. The minimum absolute atomic E-state index is 0.255. The Kier molecular flexibility index (Phi) is 7.55. The van der Waals surface area contributed by atoms with Crippen LogP contribution in [0.15, 0.2) is 39.7 Å². The van der Waals surface area contributed by atoms with Gasteiger partial charge in [0.1, 0.15) is 11.5 Å². The van der Waals surface area contributed by atoms with Gasteiger partial charge in [0.25, 0.3) is 5.91 Å². The van der Waals surface area contributed by atoms with Gasteiger partial charge < -0.3 is 9.15 Å². The number of hydrogen-bond acceptors (Lipinski definition) is 7. The number of nitrogens with one attached hydrogen (secondary N) is 1. The fraction of sp³-hybridized carbons (Fsp3) is 0.286. The molecule has 7 nitrogen and oxygen atoms in total. The Hall–Kier alpha value is -1.88. The molecule has 0 aliphatic carbocycles. The number of carbonyl (C=O) groups is 2. The van der Waals surface area contributed by atoms with Gasteiger partial charge in [0.2, 0.25) is 5.91 Å². The van der Waals surface area contributed by atoms with Crippen LogP contribution in [0.1, 0.15) is 12.2 Å². The number of ether oxygens (including phenoxy) is 1. The Balaban J connectivity index is 1.39. The number of carbonyl (C=O) groups excluding carboxylic acids is 2. The van der Waals surface area contributed by atoms with E-state index in [1.807, 2.05) is 0 Å². The minimum atomic E-state index is -0.404. The van der Waals surface area contributed by atoms with E-state index in [-0.39, 0.29) is 16.6 Å². The summed E-state index contributed by atoms with van der Waals surface area (Å²) in [5, 5.41) is 2.14. The average Bonchev–Trinajstić information content (AvgIpc) is 3.35. The van der Waals surface area contributed by atoms with Crippen LogP contribution in [0.3, 0.4) is 0 Å². The Bertz CT molecular complexity index is 1080. The van der Waals surface area contributed by atoms with Crippen molar-refractivity contribution in [2.45, 2.75) is 6.42 Å². The first-order chi connectivity index (χ1) is 15.4. The summed E-state index contributed by atoms with van der Waals surface area (Å²) >= 11 is 18.6. The maximum absolute atomic E-state index is 12.8. The molecule has 0 unspecified atom stereocenters. The molecule has 11 heteroatoms. The molecule has 1 aromatic heterocycles. The topological polar surface area (TPSA) is 75.0 Å². The first-order valence-corrected chi connectivity index (χ1v) is 11.8. The molecule has 2 aliphatic heterocycles. The standard InChI is InChI=1S/C21H19Cl2N3O4S2/c22-13-1-3-16(23)15(11-13)17-4-2-14(30-17)12-18-20(28)26(21(31)32-18)24-19(27)5-6-25-7-9-29-10-8-25/h1-4,11-12H,5-10H2,(H,24,27)/b18-12-. The number of thioether (sulfide) groups is 1. The van der Waals surface area contributed by atoms with Crippen LogP contribution in [-0.4, -0.2) is 58.9 Å². The van der Waals surface area contributed by atoms with Crippen LogP contribution in [0, 0.1) is 0 Å². The maximum Gasteiger partial charge on any atom is 0.285 e. The van der Waals surface area contributed by atoms with Gasteiger partial charge in [-0.15, -0.1) is 0 Å². The van der Waals surface area contributed by atoms with E-state index in [0.29, 0.717) is 51.8 Å². The second-order valence-corrected chi connectivity index (χ2v) is 9.60. The molecule has 2 fully saturated rings. The summed E-state index contributed by atoms with van der Waals surface area (Å²) in [4.78, 5) is 27.6. The van der Waals surface area contributed by atoms with Crippen LogP contribution >= 0.6 is 47.2 Å². The van der Waals surface area contributed by atoms with Crippen LogP contribution in [0.4, 0.5) is 0 Å². The molecular weight excluding hydrogens is 493 g/mol. The highest BCUT2D eigenvalue weighted by Crippen LogP contribution is 2.35. The lowest BCUT2D eigenvalue weighted by atomic mass is 10.2. The van der Waals surface area contributed by atoms with Crippen molar-refractivity contribution in [1.29, 1.82) is 0 Å². The smallest absolute Gasteiger partial charge is 0.285 e. The Morgan fingerprint density at radius 3 is 2.78 bits per heavy atom. The van der Waals surface area contributed by atoms with Gasteiger partial charge in [-0.05, 0) is 42.5 Å². The van der Waals surface area contributed by atoms with E-state index < -0.39 is 5.91 Å². The summed E-state index contributed by atoms with van der Waals surface area (Å²) in [6, 6.07) is 8.56. The zero-order valence-corrected chi connectivity index (χ0v) is 20.0. The summed E-state index contributed by atoms with van der Waals surface area (Å²) in [5.41, 5.74) is 3.25. The first-order valence-electron chi connectivity index (χ1n) is 9.83. The largest absolute Gasteiger partial charge is 0.457 e. The molecule has 4 rings (SSSR count). The molecule has 2 saturated heterocycles. The molecule has 0 atom stereocenters. The van der Waals surface area contributed by atoms with E-state index in [0.717, 1.165) is 29.9 Å². The predicted octanol–water partition coefficient (Wildman–Crippen LogP) is 4.21. The highest BCUT2D eigenvalue weighted by molar-refractivity contribution is 8.26. The molecular formula is C21H19Cl2N3O4S2. The van der Waals surface area contributed by atoms with Crippen molar-refractivity contribution in [1.82, 2.24) is 15.3 Å². The van der Waals surface area contributed by atoms with Crippen LogP contribution in [0.25, 0.3) is 17.4 Å². The van der Waals surface area contributed by atoms with Crippen LogP contribution in [0.2, 0.25) is 10.0 Å². The lowest BCUT2D eigenvalue weighted by Gasteiger charge is -2.26. The third-order valence-corrected chi connectivity index (χ3v) is 6.75. The SMILES string of the molecule is O=C(CCN1CCOCC1)NN1C(=O)/C(=C/c2ccc(-c3cc(Cl)ccc3Cl)o2)SC1=S. The van der Waals surface area contributed by atoms with Gasteiger partial charge in [0, 0.05) is 42.7 Å². The minimum Gasteiger partial charge on any atom is -0.457 e. The van der Waals surface area contributed by atoms with Gasteiger partial charge in [0.15, 0.2) is 4.32 Å². The second kappa shape index (κ2) is 10.4. The second-order valence-electron chi connectivity index (χ2n) is 7.08. The van der Waals surface area contributed by atoms with Crippen LogP contribution < -0.4 is 5.43 Å². The molecule has 2 aromatic rings. The van der Waals surface area contributed by atoms with Gasteiger partial charge in [-0.25, -0.2) is 0 Å². The third-order valence-electron chi connectivity index (χ3n) is 4.88. The molecule has 0 spiro atoms. The predicted molar refractivity (Wildman–Crippen MR) is 129 cm³/mol. The summed E-state index contributed by atoms with van der Waals surface area (Å²) < 4.78 is 11.4. The number of furan rings is 1. The third kappa shape index (κ3) is 5.54. The summed E-state index contributed by atoms with van der Waals surface area (Å²) in [5.74, 6) is 0.300. The number of thiocarbonyl (C=S) groups is 1. The zero-order chi connectivity index (χ0) is 22.7. The summed E-state index contributed by atoms with van der Waals surface area (Å²) in [6.45, 7) is 3.52. The first kappa shape index (κ1) is 23.3. The lowest BCUT2D eigenvalue weighted by molar-refractivity contribution is -0.133. The number of morpholine rings is 1. The van der Waals surface area contributed by atoms with Crippen molar-refractivity contribution in [2.24, 2.45) is 0 Å². The molecule has 32 heavy (non-hydrogen) atoms. The molecule has 168 valence electrons. The molecule has 3 heterocycles. The van der Waals surface area contributed by atoms with Crippen molar-refractivity contribution in [3.05, 3.63) is 51.0 Å². The normalized spacial score (nSPS) is 18.6. The van der Waals surface area contributed by atoms with Crippen LogP contribution in [-0.2, 0) is 14.3 Å². The van der Waals surface area contributed by atoms with E-state index in [9.17, 15) is 9.59 Å². The van der Waals surface area contributed by atoms with Crippen molar-refractivity contribution >= 4 is 69.4 Å². The molecule has 0 bridgehead atoms. The van der Waals surface area contributed by atoms with Crippen molar-refractivity contribution < 1.29 is 18.7 Å². The molecule has 2 aliphatic rings. The number of hydrazine groups is 1. The fourth-order valence-electron chi connectivity index (χ4n) is 3.22. The van der Waals surface area contributed by atoms with Crippen molar-refractivity contribution in [2.75, 3.05) is 32.8 Å². The number of benzene rings is 1. The maximum atomic E-state index is 12.8. The Morgan fingerprint density at radius 2 is 2.00 bits per heavy atom. The van der Waals surface area contributed by atoms with Gasteiger partial charge >= 0.3 is 0 Å². The van der Waals surface area contributed by atoms with Gasteiger partial charge in [-0.1, -0.05) is 35.0 Å². The van der Waals surface area contributed by atoms with Crippen LogP contribution in [0.5, 0.6) is 0 Å². The van der Waals surface area contributed by atoms with Gasteiger partial charge in [-0.3, -0.25) is 19.9 Å². The summed E-state index contributed by atoms with van der Waals surface area (Å²) in [6.07, 6.45) is 1.85. The van der Waals surface area contributed by atoms with E-state index in [4.69, 9.17) is 44.6 Å². The molecule has 0 saturated carbocycles. The quantitative estimate of drug-likeness (QED) is 0.459. The number of rotatable bonds is 6. The number of nitrogens with zero attached hydrogens (tertiary/aromatic N) is 2. The van der Waals surface area contributed by atoms with E-state index >= 15 is 0 Å². The number of amides is 2. The summed E-state index contributed by atoms with van der Waals surface area (Å²) in [7, 11) is 0.